The fourth-order valence-corrected chi connectivity index (χ4v) is 3.86. The van der Waals surface area contributed by atoms with Gasteiger partial charge >= 0.3 is 16.4 Å². The second-order valence-corrected chi connectivity index (χ2v) is 9.03. The number of ether oxygens (including phenoxy) is 4. The number of carbonyl (C=O) groups is 1. The van der Waals surface area contributed by atoms with Gasteiger partial charge in [-0.1, -0.05) is 0 Å². The van der Waals surface area contributed by atoms with Crippen LogP contribution in [0.3, 0.4) is 0 Å². The minimum Gasteiger partial charge on any atom is -0.479 e. The van der Waals surface area contributed by atoms with E-state index in [-0.39, 0.29) is 11.4 Å². The summed E-state index contributed by atoms with van der Waals surface area (Å²) in [4.78, 5) is 21.5. The summed E-state index contributed by atoms with van der Waals surface area (Å²) >= 11 is 0. The quantitative estimate of drug-likeness (QED) is 0.0881. The third-order valence-electron chi connectivity index (χ3n) is 5.43. The van der Waals surface area contributed by atoms with Crippen LogP contribution in [0.25, 0.3) is 0 Å². The van der Waals surface area contributed by atoms with Crippen molar-refractivity contribution < 1.29 is 76.5 Å². The van der Waals surface area contributed by atoms with Crippen LogP contribution in [0.2, 0.25) is 0 Å². The van der Waals surface area contributed by atoms with Crippen molar-refractivity contribution in [1.82, 2.24) is 0 Å². The van der Waals surface area contributed by atoms with Gasteiger partial charge in [-0.15, -0.1) is 0 Å². The minimum atomic E-state index is -5.02. The Bertz CT molecular complexity index is 1070. The molecule has 0 bridgehead atoms. The average molecular weight is 557 g/mol. The molecule has 0 aliphatic carbocycles. The Balaban J connectivity index is 1.85. The van der Waals surface area contributed by atoms with Gasteiger partial charge in [-0.25, -0.2) is 8.98 Å². The maximum absolute atomic E-state index is 11.3. The van der Waals surface area contributed by atoms with Gasteiger partial charge in [0, 0.05) is 12.1 Å². The highest BCUT2D eigenvalue weighted by molar-refractivity contribution is 7.80. The van der Waals surface area contributed by atoms with E-state index in [1.807, 2.05) is 0 Å². The van der Waals surface area contributed by atoms with Crippen LogP contribution in [0.1, 0.15) is 0 Å². The summed E-state index contributed by atoms with van der Waals surface area (Å²) in [6.07, 6.45) is -19.7. The van der Waals surface area contributed by atoms with Gasteiger partial charge in [0.15, 0.2) is 12.4 Å². The molecule has 1 aromatic rings. The molecule has 19 heteroatoms. The van der Waals surface area contributed by atoms with E-state index < -0.39 is 89.3 Å². The Labute approximate surface area is 207 Å². The molecule has 0 aromatic heterocycles. The van der Waals surface area contributed by atoms with Crippen molar-refractivity contribution in [2.45, 2.75) is 61.4 Å². The standard InChI is InChI=1S/C18H23NO17S/c20-9-8(5-32-37(29,30)31)34-18(33-7-3-1-6(2-4-7)19(27)28)13(24)14(9)35-17-12(23)10(21)11(22)15(36-17)16(25)26/h1-4,8-15,17-18,20-24H,5H2,(H,25,26)(H,29,30,31)/t8-,9-,10+,11+,12-,13-,14+,15+,17?,18-/m1/s1. The summed E-state index contributed by atoms with van der Waals surface area (Å²) in [5, 5.41) is 71.3. The Morgan fingerprint density at radius 3 is 2.11 bits per heavy atom. The molecule has 0 saturated carbocycles. The van der Waals surface area contributed by atoms with Crippen LogP contribution in [-0.4, -0.2) is 123 Å². The largest absolute Gasteiger partial charge is 0.479 e. The number of hydrogen-bond donors (Lipinski definition) is 7. The van der Waals surface area contributed by atoms with Crippen LogP contribution in [-0.2, 0) is 33.6 Å². The SMILES string of the molecule is O=C(O)[C@H]1OC(O[C@@H]2[C@@H](O)[C@H](Oc3ccc([N+](=O)[O-])cc3)O[C@H](COS(=O)(=O)O)[C@H]2O)[C@H](O)[C@@H](O)[C@@H]1O. The summed E-state index contributed by atoms with van der Waals surface area (Å²) in [6, 6.07) is 4.36. The molecule has 7 N–H and O–H groups in total. The number of benzene rings is 1. The molecule has 2 aliphatic rings. The van der Waals surface area contributed by atoms with Gasteiger partial charge in [-0.2, -0.15) is 8.42 Å². The Kier molecular flexibility index (Phi) is 8.97. The zero-order valence-electron chi connectivity index (χ0n) is 18.4. The normalized spacial score (nSPS) is 36.6. The van der Waals surface area contributed by atoms with E-state index in [0.717, 1.165) is 24.3 Å². The first-order valence-corrected chi connectivity index (χ1v) is 11.7. The van der Waals surface area contributed by atoms with Gasteiger partial charge in [0.2, 0.25) is 6.29 Å². The number of carboxylic acids is 1. The predicted octanol–water partition coefficient (Wildman–Crippen LogP) is -3.48. The lowest BCUT2D eigenvalue weighted by atomic mass is 9.97. The molecule has 208 valence electrons. The minimum absolute atomic E-state index is 0.0994. The average Bonchev–Trinajstić information content (AvgIpc) is 2.82. The molecule has 10 atom stereocenters. The van der Waals surface area contributed by atoms with Crippen LogP contribution in [0.5, 0.6) is 5.75 Å². The molecule has 37 heavy (non-hydrogen) atoms. The number of rotatable bonds is 9. The maximum Gasteiger partial charge on any atom is 0.397 e. The summed E-state index contributed by atoms with van der Waals surface area (Å²) in [7, 11) is -5.02. The Hall–Kier alpha value is -2.56. The first kappa shape index (κ1) is 29.0. The molecule has 2 heterocycles. The van der Waals surface area contributed by atoms with Crippen molar-refractivity contribution in [2.24, 2.45) is 0 Å². The van der Waals surface area contributed by atoms with E-state index in [1.54, 1.807) is 0 Å². The highest BCUT2D eigenvalue weighted by Gasteiger charge is 2.53. The summed E-state index contributed by atoms with van der Waals surface area (Å²) in [5.41, 5.74) is -0.300. The second-order valence-electron chi connectivity index (χ2n) is 7.94. The summed E-state index contributed by atoms with van der Waals surface area (Å²) in [6.45, 7) is -1.04. The van der Waals surface area contributed by atoms with Gasteiger partial charge in [-0.3, -0.25) is 14.7 Å². The van der Waals surface area contributed by atoms with E-state index in [1.165, 1.54) is 0 Å². The molecule has 2 saturated heterocycles. The molecule has 1 aromatic carbocycles. The molecular formula is C18H23NO17S. The van der Waals surface area contributed by atoms with Crippen molar-refractivity contribution in [3.63, 3.8) is 0 Å². The smallest absolute Gasteiger partial charge is 0.397 e. The lowest BCUT2D eigenvalue weighted by molar-refractivity contribution is -0.384. The van der Waals surface area contributed by atoms with Crippen molar-refractivity contribution in [1.29, 1.82) is 0 Å². The highest BCUT2D eigenvalue weighted by atomic mass is 32.3. The van der Waals surface area contributed by atoms with E-state index in [9.17, 15) is 54.0 Å². The monoisotopic (exact) mass is 557 g/mol. The zero-order chi connectivity index (χ0) is 27.7. The molecule has 3 rings (SSSR count). The van der Waals surface area contributed by atoms with Crippen molar-refractivity contribution in [3.8, 4) is 5.75 Å². The van der Waals surface area contributed by atoms with Crippen molar-refractivity contribution in [2.75, 3.05) is 6.61 Å². The summed E-state index contributed by atoms with van der Waals surface area (Å²) in [5.74, 6) is -1.84. The van der Waals surface area contributed by atoms with E-state index in [0.29, 0.717) is 0 Å². The number of non-ortho nitro benzene ring substituents is 1. The van der Waals surface area contributed by atoms with Crippen molar-refractivity contribution >= 4 is 22.1 Å². The third-order valence-corrected chi connectivity index (χ3v) is 5.86. The van der Waals surface area contributed by atoms with Gasteiger partial charge < -0.3 is 49.6 Å². The fraction of sp³-hybridized carbons (Fsp3) is 0.611. The van der Waals surface area contributed by atoms with Crippen LogP contribution in [0.4, 0.5) is 5.69 Å². The van der Waals surface area contributed by atoms with E-state index in [4.69, 9.17) is 23.5 Å². The summed E-state index contributed by atoms with van der Waals surface area (Å²) < 4.78 is 56.0. The van der Waals surface area contributed by atoms with Gasteiger partial charge in [0.05, 0.1) is 11.5 Å². The zero-order valence-corrected chi connectivity index (χ0v) is 19.2. The number of nitrogens with zero attached hydrogens (tertiary/aromatic N) is 1. The topological polar surface area (TPSA) is 282 Å². The molecule has 0 amide bonds. The Morgan fingerprint density at radius 1 is 0.946 bits per heavy atom. The molecular weight excluding hydrogens is 534 g/mol. The first-order chi connectivity index (χ1) is 17.2. The lowest BCUT2D eigenvalue weighted by Crippen LogP contribution is -2.65. The molecule has 18 nitrogen and oxygen atoms in total. The number of nitro groups is 1. The second kappa shape index (κ2) is 11.4. The predicted molar refractivity (Wildman–Crippen MR) is 111 cm³/mol. The maximum atomic E-state index is 11.3. The van der Waals surface area contributed by atoms with Gasteiger partial charge in [-0.05, 0) is 12.1 Å². The van der Waals surface area contributed by atoms with E-state index in [2.05, 4.69) is 4.18 Å². The molecule has 2 fully saturated rings. The van der Waals surface area contributed by atoms with Crippen LogP contribution in [0, 0.1) is 10.1 Å². The van der Waals surface area contributed by atoms with Crippen molar-refractivity contribution in [3.05, 3.63) is 34.4 Å². The molecule has 2 aliphatic heterocycles. The number of hydrogen-bond acceptors (Lipinski definition) is 15. The Morgan fingerprint density at radius 2 is 1.57 bits per heavy atom. The van der Waals surface area contributed by atoms with Gasteiger partial charge in [0.25, 0.3) is 5.69 Å². The fourth-order valence-electron chi connectivity index (χ4n) is 3.55. The third kappa shape index (κ3) is 6.86. The number of aliphatic hydroxyl groups excluding tert-OH is 5. The molecule has 0 spiro atoms. The number of aliphatic hydroxyl groups is 5. The van der Waals surface area contributed by atoms with E-state index >= 15 is 0 Å². The number of nitro benzene ring substituents is 1. The first-order valence-electron chi connectivity index (χ1n) is 10.3. The van der Waals surface area contributed by atoms with Gasteiger partial charge in [0.1, 0.15) is 48.5 Å². The van der Waals surface area contributed by atoms with Crippen LogP contribution in [0.15, 0.2) is 24.3 Å². The van der Waals surface area contributed by atoms with Crippen LogP contribution >= 0.6 is 0 Å². The number of aliphatic carboxylic acids is 1. The number of carboxylic acid groups (broad SMARTS) is 1. The lowest BCUT2D eigenvalue weighted by Gasteiger charge is -2.45. The van der Waals surface area contributed by atoms with Crippen LogP contribution < -0.4 is 4.74 Å². The molecule has 0 radical (unpaired) electrons. The molecule has 1 unspecified atom stereocenters. The highest BCUT2D eigenvalue weighted by Crippen LogP contribution is 2.31.